The summed E-state index contributed by atoms with van der Waals surface area (Å²) in [5, 5.41) is 0.641. The van der Waals surface area contributed by atoms with Crippen LogP contribution in [0.1, 0.15) is 13.8 Å². The van der Waals surface area contributed by atoms with E-state index in [1.807, 2.05) is 11.8 Å². The second kappa shape index (κ2) is 4.34. The van der Waals surface area contributed by atoms with Crippen molar-refractivity contribution in [3.8, 4) is 0 Å². The van der Waals surface area contributed by atoms with Crippen molar-refractivity contribution >= 4 is 34.9 Å². The molecule has 16 heavy (non-hydrogen) atoms. The summed E-state index contributed by atoms with van der Waals surface area (Å²) in [5.41, 5.74) is 6.25. The Hall–Kier alpha value is -0.610. The smallest absolute Gasteiger partial charge is 0.147 e. The van der Waals surface area contributed by atoms with Gasteiger partial charge in [0, 0.05) is 23.6 Å². The maximum Gasteiger partial charge on any atom is 0.147 e. The second-order valence-corrected chi connectivity index (χ2v) is 6.81. The maximum atomic E-state index is 6.16. The molecule has 0 unspecified atom stereocenters. The van der Waals surface area contributed by atoms with Crippen molar-refractivity contribution < 1.29 is 0 Å². The highest BCUT2D eigenvalue weighted by atomic mass is 35.5. The molecule has 2 heterocycles. The quantitative estimate of drug-likeness (QED) is 0.840. The Labute approximate surface area is 105 Å². The third-order valence-electron chi connectivity index (χ3n) is 2.57. The summed E-state index contributed by atoms with van der Waals surface area (Å²) in [6, 6.07) is 1.76. The minimum Gasteiger partial charge on any atom is -0.397 e. The van der Waals surface area contributed by atoms with E-state index in [0.717, 1.165) is 24.7 Å². The van der Waals surface area contributed by atoms with Crippen LogP contribution in [0.3, 0.4) is 0 Å². The van der Waals surface area contributed by atoms with E-state index in [9.17, 15) is 0 Å². The van der Waals surface area contributed by atoms with Crippen LogP contribution in [-0.2, 0) is 0 Å². The van der Waals surface area contributed by atoms with Crippen molar-refractivity contribution in [3.63, 3.8) is 0 Å². The van der Waals surface area contributed by atoms with Gasteiger partial charge in [0.2, 0.25) is 0 Å². The molecule has 0 atom stereocenters. The normalized spacial score (nSPS) is 19.8. The molecule has 0 radical (unpaired) electrons. The number of hydrogen-bond donors (Lipinski definition) is 1. The highest BCUT2D eigenvalue weighted by molar-refractivity contribution is 8.00. The molecule has 0 amide bonds. The lowest BCUT2D eigenvalue weighted by atomic mass is 10.2. The number of aromatic nitrogens is 1. The van der Waals surface area contributed by atoms with E-state index in [2.05, 4.69) is 23.7 Å². The predicted molar refractivity (Wildman–Crippen MR) is 72.4 cm³/mol. The van der Waals surface area contributed by atoms with Gasteiger partial charge in [-0.2, -0.15) is 11.8 Å². The number of rotatable bonds is 1. The van der Waals surface area contributed by atoms with Crippen molar-refractivity contribution in [1.82, 2.24) is 4.98 Å². The van der Waals surface area contributed by atoms with Crippen molar-refractivity contribution in [3.05, 3.63) is 17.3 Å². The molecule has 2 N–H and O–H groups in total. The first kappa shape index (κ1) is 11.9. The van der Waals surface area contributed by atoms with E-state index in [1.165, 1.54) is 0 Å². The summed E-state index contributed by atoms with van der Waals surface area (Å²) in [5.74, 6) is 1.96. The first-order valence-corrected chi connectivity index (χ1v) is 6.64. The summed E-state index contributed by atoms with van der Waals surface area (Å²) in [6.07, 6.45) is 1.66. The molecule has 1 saturated heterocycles. The van der Waals surface area contributed by atoms with E-state index in [-0.39, 0.29) is 4.75 Å². The van der Waals surface area contributed by atoms with Gasteiger partial charge < -0.3 is 10.6 Å². The van der Waals surface area contributed by atoms with Crippen molar-refractivity contribution in [2.75, 3.05) is 29.5 Å². The molecule has 1 aliphatic rings. The number of halogens is 1. The zero-order valence-corrected chi connectivity index (χ0v) is 11.1. The molecule has 1 aliphatic heterocycles. The van der Waals surface area contributed by atoms with Gasteiger partial charge >= 0.3 is 0 Å². The average molecular weight is 258 g/mol. The molecule has 5 heteroatoms. The highest BCUT2D eigenvalue weighted by Crippen LogP contribution is 2.34. The summed E-state index contributed by atoms with van der Waals surface area (Å²) in [7, 11) is 0. The van der Waals surface area contributed by atoms with Crippen LogP contribution in [0.25, 0.3) is 0 Å². The number of hydrogen-bond acceptors (Lipinski definition) is 4. The van der Waals surface area contributed by atoms with Crippen molar-refractivity contribution in [2.45, 2.75) is 18.6 Å². The summed E-state index contributed by atoms with van der Waals surface area (Å²) in [4.78, 5) is 6.56. The molecule has 0 spiro atoms. The van der Waals surface area contributed by atoms with Gasteiger partial charge in [0.05, 0.1) is 16.9 Å². The van der Waals surface area contributed by atoms with Gasteiger partial charge in [-0.05, 0) is 19.9 Å². The molecule has 0 aromatic carbocycles. The molecule has 2 rings (SSSR count). The van der Waals surface area contributed by atoms with Crippen LogP contribution in [0.4, 0.5) is 11.5 Å². The fourth-order valence-electron chi connectivity index (χ4n) is 1.88. The fourth-order valence-corrected chi connectivity index (χ4v) is 3.28. The van der Waals surface area contributed by atoms with Gasteiger partial charge in [0.15, 0.2) is 0 Å². The zero-order chi connectivity index (χ0) is 11.8. The number of anilines is 2. The van der Waals surface area contributed by atoms with E-state index in [1.54, 1.807) is 12.3 Å². The standard InChI is InChI=1S/C11H16ClN3S/c1-11(2)7-15(3-4-16-11)10-9(12)5-8(13)6-14-10/h5-6H,3-4,7,13H2,1-2H3. The molecule has 0 saturated carbocycles. The highest BCUT2D eigenvalue weighted by Gasteiger charge is 2.28. The van der Waals surface area contributed by atoms with Gasteiger partial charge in [-0.25, -0.2) is 4.98 Å². The van der Waals surface area contributed by atoms with Crippen molar-refractivity contribution in [2.24, 2.45) is 0 Å². The van der Waals surface area contributed by atoms with E-state index < -0.39 is 0 Å². The Bertz CT molecular complexity index is 395. The Morgan fingerprint density at radius 1 is 1.56 bits per heavy atom. The van der Waals surface area contributed by atoms with E-state index >= 15 is 0 Å². The van der Waals surface area contributed by atoms with Crippen LogP contribution in [-0.4, -0.2) is 28.6 Å². The number of thioether (sulfide) groups is 1. The molecule has 88 valence electrons. The summed E-state index contributed by atoms with van der Waals surface area (Å²) in [6.45, 7) is 6.45. The second-order valence-electron chi connectivity index (χ2n) is 4.60. The number of nitrogen functional groups attached to an aromatic ring is 1. The van der Waals surface area contributed by atoms with Crippen LogP contribution in [0.5, 0.6) is 0 Å². The third-order valence-corrected chi connectivity index (χ3v) is 4.14. The van der Waals surface area contributed by atoms with Crippen LogP contribution in [0, 0.1) is 0 Å². The molecule has 0 aliphatic carbocycles. The van der Waals surface area contributed by atoms with Crippen molar-refractivity contribution in [1.29, 1.82) is 0 Å². The van der Waals surface area contributed by atoms with Gasteiger partial charge in [-0.15, -0.1) is 0 Å². The SMILES string of the molecule is CC1(C)CN(c2ncc(N)cc2Cl)CCS1. The van der Waals surface area contributed by atoms with Crippen LogP contribution in [0.2, 0.25) is 5.02 Å². The topological polar surface area (TPSA) is 42.2 Å². The first-order chi connectivity index (χ1) is 7.48. The number of nitrogens with two attached hydrogens (primary N) is 1. The molecule has 1 fully saturated rings. The molecular formula is C11H16ClN3S. The summed E-state index contributed by atoms with van der Waals surface area (Å²) < 4.78 is 0.255. The number of pyridine rings is 1. The zero-order valence-electron chi connectivity index (χ0n) is 9.53. The van der Waals surface area contributed by atoms with Gasteiger partial charge in [0.25, 0.3) is 0 Å². The first-order valence-electron chi connectivity index (χ1n) is 5.28. The van der Waals surface area contributed by atoms with Crippen LogP contribution >= 0.6 is 23.4 Å². The monoisotopic (exact) mass is 257 g/mol. The minimum absolute atomic E-state index is 0.255. The Morgan fingerprint density at radius 2 is 2.31 bits per heavy atom. The Balaban J connectivity index is 2.23. The molecule has 1 aromatic heterocycles. The summed E-state index contributed by atoms with van der Waals surface area (Å²) >= 11 is 8.16. The molecule has 3 nitrogen and oxygen atoms in total. The lowest BCUT2D eigenvalue weighted by molar-refractivity contribution is 0.642. The van der Waals surface area contributed by atoms with Gasteiger partial charge in [-0.1, -0.05) is 11.6 Å². The minimum atomic E-state index is 0.255. The number of nitrogens with zero attached hydrogens (tertiary/aromatic N) is 2. The van der Waals surface area contributed by atoms with E-state index in [0.29, 0.717) is 10.7 Å². The Kier molecular flexibility index (Phi) is 3.22. The average Bonchev–Trinajstić information content (AvgIpc) is 2.15. The maximum absolute atomic E-state index is 6.16. The molecule has 0 bridgehead atoms. The van der Waals surface area contributed by atoms with Gasteiger partial charge in [-0.3, -0.25) is 0 Å². The van der Waals surface area contributed by atoms with Crippen LogP contribution in [0.15, 0.2) is 12.3 Å². The van der Waals surface area contributed by atoms with Gasteiger partial charge in [0.1, 0.15) is 5.82 Å². The third kappa shape index (κ3) is 2.55. The predicted octanol–water partition coefficient (Wildman–Crippen LogP) is 2.65. The lowest BCUT2D eigenvalue weighted by Gasteiger charge is -2.38. The molecule has 1 aromatic rings. The Morgan fingerprint density at radius 3 is 2.94 bits per heavy atom. The molecular weight excluding hydrogens is 242 g/mol. The lowest BCUT2D eigenvalue weighted by Crippen LogP contribution is -2.43. The largest absolute Gasteiger partial charge is 0.397 e. The fraction of sp³-hybridized carbons (Fsp3) is 0.545. The van der Waals surface area contributed by atoms with Crippen LogP contribution < -0.4 is 10.6 Å². The van der Waals surface area contributed by atoms with E-state index in [4.69, 9.17) is 17.3 Å².